The zero-order valence-electron chi connectivity index (χ0n) is 19.2. The van der Waals surface area contributed by atoms with Crippen molar-refractivity contribution in [1.82, 2.24) is 4.90 Å². The van der Waals surface area contributed by atoms with E-state index in [9.17, 15) is 29.1 Å². The Labute approximate surface area is 214 Å². The first-order valence-corrected chi connectivity index (χ1v) is 12.3. The van der Waals surface area contributed by atoms with Crippen LogP contribution in [0.2, 0.25) is 0 Å². The molecule has 5 rings (SSSR count). The van der Waals surface area contributed by atoms with Crippen molar-refractivity contribution in [2.75, 3.05) is 13.7 Å². The summed E-state index contributed by atoms with van der Waals surface area (Å²) in [5, 5.41) is 19.0. The van der Waals surface area contributed by atoms with Gasteiger partial charge in [-0.1, -0.05) is 17.7 Å². The normalized spacial score (nSPS) is 27.3. The van der Waals surface area contributed by atoms with Gasteiger partial charge < -0.3 is 14.9 Å². The number of nitrogens with zero attached hydrogens (tertiary/aromatic N) is 1. The number of carboxylic acids is 1. The van der Waals surface area contributed by atoms with Gasteiger partial charge in [-0.05, 0) is 40.8 Å². The van der Waals surface area contributed by atoms with Crippen molar-refractivity contribution in [3.05, 3.63) is 57.1 Å². The molecule has 1 heterocycles. The molecule has 2 amide bonds. The summed E-state index contributed by atoms with van der Waals surface area (Å²) in [7, 11) is 1.43. The van der Waals surface area contributed by atoms with Crippen LogP contribution in [0.1, 0.15) is 30.7 Å². The van der Waals surface area contributed by atoms with E-state index in [4.69, 9.17) is 9.84 Å². The third-order valence-corrected chi connectivity index (χ3v) is 8.09. The van der Waals surface area contributed by atoms with Crippen LogP contribution in [0.3, 0.4) is 0 Å². The van der Waals surface area contributed by atoms with Crippen molar-refractivity contribution >= 4 is 45.3 Å². The van der Waals surface area contributed by atoms with Crippen molar-refractivity contribution in [2.45, 2.75) is 25.2 Å². The number of likely N-dealkylation sites (tertiary alicyclic amines) is 1. The number of carboxylic acid groups (broad SMARTS) is 1. The summed E-state index contributed by atoms with van der Waals surface area (Å²) in [4.78, 5) is 65.0. The molecule has 0 aromatic heterocycles. The molecule has 0 spiro atoms. The Morgan fingerprint density at radius 3 is 2.61 bits per heavy atom. The summed E-state index contributed by atoms with van der Waals surface area (Å²) < 4.78 is 5.63. The number of benzene rings is 1. The molecule has 10 heteroatoms. The second kappa shape index (κ2) is 8.85. The van der Waals surface area contributed by atoms with Crippen LogP contribution in [0.25, 0.3) is 0 Å². The number of methoxy groups -OCH3 is 1. The highest BCUT2D eigenvalue weighted by Crippen LogP contribution is 2.56. The molecule has 1 saturated heterocycles. The van der Waals surface area contributed by atoms with Gasteiger partial charge in [0.25, 0.3) is 0 Å². The summed E-state index contributed by atoms with van der Waals surface area (Å²) in [6.07, 6.45) is 3.12. The fraction of sp³-hybridized carbons (Fsp3) is 0.346. The lowest BCUT2D eigenvalue weighted by Gasteiger charge is -2.42. The molecule has 36 heavy (non-hydrogen) atoms. The predicted octanol–water partition coefficient (Wildman–Crippen LogP) is 2.64. The number of allylic oxidation sites excluding steroid dienone is 6. The molecule has 0 radical (unpaired) electrons. The number of carbonyl (C=O) groups excluding carboxylic acids is 4. The van der Waals surface area contributed by atoms with Crippen molar-refractivity contribution in [3.63, 3.8) is 0 Å². The molecule has 2 N–H and O–H groups in total. The Balaban J connectivity index is 1.65. The highest BCUT2D eigenvalue weighted by Gasteiger charge is 2.56. The predicted molar refractivity (Wildman–Crippen MR) is 128 cm³/mol. The standard InChI is InChI=1S/C26H22BrNO8/c1-36-19-8-11(29)2-3-13(19)21-12-4-5-14-22(26(35)28(25(14)34)7-6-20(31)32)15(12)9-16-23(21)18(30)10-17(27)24(16)33/h2-4,8,10,14-15,21-22,29H,5-7,9H2,1H3,(H,31,32)/t14-,15+,21+,22-/m0/s1. The molecule has 1 aromatic rings. The number of hydrogen-bond acceptors (Lipinski definition) is 7. The zero-order valence-corrected chi connectivity index (χ0v) is 20.8. The van der Waals surface area contributed by atoms with Crippen molar-refractivity contribution in [3.8, 4) is 11.5 Å². The number of fused-ring (bicyclic) bond motifs is 3. The van der Waals surface area contributed by atoms with E-state index in [1.54, 1.807) is 6.07 Å². The number of phenolic OH excluding ortho intramolecular Hbond substituents is 1. The molecule has 0 bridgehead atoms. The Morgan fingerprint density at radius 2 is 1.92 bits per heavy atom. The molecule has 186 valence electrons. The molecule has 1 aromatic carbocycles. The molecule has 9 nitrogen and oxygen atoms in total. The van der Waals surface area contributed by atoms with Gasteiger partial charge >= 0.3 is 5.97 Å². The van der Waals surface area contributed by atoms with Gasteiger partial charge in [0.15, 0.2) is 11.6 Å². The maximum atomic E-state index is 13.4. The minimum Gasteiger partial charge on any atom is -0.508 e. The molecule has 0 unspecified atom stereocenters. The summed E-state index contributed by atoms with van der Waals surface area (Å²) in [6, 6.07) is 4.52. The second-order valence-electron chi connectivity index (χ2n) is 9.29. The van der Waals surface area contributed by atoms with Gasteiger partial charge in [0, 0.05) is 41.3 Å². The Morgan fingerprint density at radius 1 is 1.17 bits per heavy atom. The number of aliphatic carboxylic acids is 1. The molecular weight excluding hydrogens is 534 g/mol. The van der Waals surface area contributed by atoms with E-state index in [2.05, 4.69) is 15.9 Å². The van der Waals surface area contributed by atoms with Gasteiger partial charge in [-0.3, -0.25) is 28.9 Å². The third-order valence-electron chi connectivity index (χ3n) is 7.50. The van der Waals surface area contributed by atoms with Crippen LogP contribution in [0.15, 0.2) is 51.6 Å². The van der Waals surface area contributed by atoms with E-state index in [-0.39, 0.29) is 53.2 Å². The van der Waals surface area contributed by atoms with E-state index < -0.39 is 41.5 Å². The van der Waals surface area contributed by atoms with Crippen molar-refractivity contribution < 1.29 is 38.9 Å². The minimum absolute atomic E-state index is 0.0332. The third kappa shape index (κ3) is 3.62. The number of Topliss-reactive ketones (excluding diaryl/α,β-unsaturated/α-hetero) is 1. The van der Waals surface area contributed by atoms with E-state index >= 15 is 0 Å². The van der Waals surface area contributed by atoms with Crippen LogP contribution < -0.4 is 4.74 Å². The van der Waals surface area contributed by atoms with Gasteiger partial charge in [-0.15, -0.1) is 0 Å². The number of phenols is 1. The summed E-state index contributed by atoms with van der Waals surface area (Å²) in [6.45, 7) is -0.211. The SMILES string of the molecule is COc1cc(O)ccc1[C@H]1C2=CC[C@@H]3C(=O)N(CCC(=O)O)C(=O)[C@@H]3[C@@H]2CC2=C1C(=O)C=C(Br)C2=O. The van der Waals surface area contributed by atoms with Gasteiger partial charge in [0.2, 0.25) is 11.8 Å². The van der Waals surface area contributed by atoms with Gasteiger partial charge in [-0.2, -0.15) is 0 Å². The van der Waals surface area contributed by atoms with Gasteiger partial charge in [-0.25, -0.2) is 0 Å². The number of rotatable bonds is 5. The smallest absolute Gasteiger partial charge is 0.305 e. The topological polar surface area (TPSA) is 138 Å². The number of carbonyl (C=O) groups is 5. The molecular formula is C26H22BrNO8. The molecule has 1 fully saturated rings. The number of ketones is 2. The molecule has 0 saturated carbocycles. The highest BCUT2D eigenvalue weighted by molar-refractivity contribution is 9.12. The number of imide groups is 1. The Kier molecular flexibility index (Phi) is 5.94. The molecule has 3 aliphatic carbocycles. The summed E-state index contributed by atoms with van der Waals surface area (Å²) in [5.41, 5.74) is 1.88. The van der Waals surface area contributed by atoms with E-state index in [1.165, 1.54) is 25.3 Å². The maximum Gasteiger partial charge on any atom is 0.305 e. The van der Waals surface area contributed by atoms with Crippen LogP contribution in [0.5, 0.6) is 11.5 Å². The monoisotopic (exact) mass is 555 g/mol. The molecule has 4 aliphatic rings. The fourth-order valence-electron chi connectivity index (χ4n) is 5.99. The van der Waals surface area contributed by atoms with Crippen LogP contribution in [0.4, 0.5) is 0 Å². The van der Waals surface area contributed by atoms with Crippen LogP contribution >= 0.6 is 15.9 Å². The van der Waals surface area contributed by atoms with Gasteiger partial charge in [0.1, 0.15) is 11.5 Å². The average Bonchev–Trinajstić information content (AvgIpc) is 3.09. The van der Waals surface area contributed by atoms with E-state index in [0.29, 0.717) is 16.9 Å². The highest BCUT2D eigenvalue weighted by atomic mass is 79.9. The van der Waals surface area contributed by atoms with Crippen LogP contribution in [-0.2, 0) is 24.0 Å². The van der Waals surface area contributed by atoms with E-state index in [1.807, 2.05) is 6.08 Å². The van der Waals surface area contributed by atoms with Gasteiger partial charge in [0.05, 0.1) is 29.8 Å². The molecule has 4 atom stereocenters. The average molecular weight is 556 g/mol. The van der Waals surface area contributed by atoms with Crippen molar-refractivity contribution in [2.24, 2.45) is 17.8 Å². The second-order valence-corrected chi connectivity index (χ2v) is 10.1. The van der Waals surface area contributed by atoms with E-state index in [0.717, 1.165) is 10.5 Å². The van der Waals surface area contributed by atoms with Crippen molar-refractivity contribution in [1.29, 1.82) is 0 Å². The largest absolute Gasteiger partial charge is 0.508 e. The summed E-state index contributed by atoms with van der Waals surface area (Å²) in [5.74, 6) is -5.04. The quantitative estimate of drug-likeness (QED) is 0.321. The first-order valence-electron chi connectivity index (χ1n) is 11.5. The number of ether oxygens (including phenoxy) is 1. The lowest BCUT2D eigenvalue weighted by molar-refractivity contribution is -0.142. The lowest BCUT2D eigenvalue weighted by atomic mass is 9.59. The fourth-order valence-corrected chi connectivity index (χ4v) is 6.44. The first kappa shape index (κ1) is 24.2. The summed E-state index contributed by atoms with van der Waals surface area (Å²) >= 11 is 3.18. The molecule has 1 aliphatic heterocycles. The minimum atomic E-state index is -1.11. The lowest BCUT2D eigenvalue weighted by Crippen LogP contribution is -2.39. The number of amides is 2. The number of aromatic hydroxyl groups is 1. The van der Waals surface area contributed by atoms with Crippen LogP contribution in [0, 0.1) is 17.8 Å². The number of hydrogen-bond donors (Lipinski definition) is 2. The zero-order chi connectivity index (χ0) is 25.9. The Bertz CT molecular complexity index is 1340. The Hall–Kier alpha value is -3.53. The number of halogens is 1. The first-order chi connectivity index (χ1) is 17.1. The van der Waals surface area contributed by atoms with Crippen LogP contribution in [-0.4, -0.2) is 58.1 Å². The maximum absolute atomic E-state index is 13.4.